The number of nitrogens with zero attached hydrogens (tertiary/aromatic N) is 1. The van der Waals surface area contributed by atoms with Crippen molar-refractivity contribution >= 4 is 0 Å². The summed E-state index contributed by atoms with van der Waals surface area (Å²) in [5.41, 5.74) is 3.66. The Hall–Kier alpha value is -2.12. The number of aliphatic hydroxyl groups excluding tert-OH is 1. The quantitative estimate of drug-likeness (QED) is 0.639. The Kier molecular flexibility index (Phi) is 8.31. The number of aliphatic hydroxyl groups is 1. The highest BCUT2D eigenvalue weighted by Crippen LogP contribution is 2.28. The highest BCUT2D eigenvalue weighted by molar-refractivity contribution is 5.43. The van der Waals surface area contributed by atoms with Crippen LogP contribution in [0.4, 0.5) is 0 Å². The first kappa shape index (κ1) is 21.6. The molecule has 1 atom stereocenters. The minimum atomic E-state index is -0.548. The summed E-state index contributed by atoms with van der Waals surface area (Å²) in [7, 11) is 1.64. The van der Waals surface area contributed by atoms with Crippen LogP contribution in [0.1, 0.15) is 16.7 Å². The van der Waals surface area contributed by atoms with Gasteiger partial charge in [-0.1, -0.05) is 35.9 Å². The van der Waals surface area contributed by atoms with Gasteiger partial charge in [0, 0.05) is 32.7 Å². The first-order valence-corrected chi connectivity index (χ1v) is 10.2. The number of β-amino-alcohol motifs (C(OH)–C–C–N with tert-alkyl or cyclic N) is 1. The van der Waals surface area contributed by atoms with E-state index < -0.39 is 6.10 Å². The second-order valence-electron chi connectivity index (χ2n) is 7.46. The molecule has 0 amide bonds. The molecule has 1 unspecified atom stereocenters. The molecule has 0 spiro atoms. The molecule has 2 aromatic rings. The van der Waals surface area contributed by atoms with E-state index in [0.717, 1.165) is 45.0 Å². The maximum absolute atomic E-state index is 10.3. The van der Waals surface area contributed by atoms with Gasteiger partial charge < -0.3 is 24.6 Å². The van der Waals surface area contributed by atoms with Crippen LogP contribution in [0.3, 0.4) is 0 Å². The maximum Gasteiger partial charge on any atom is 0.161 e. The van der Waals surface area contributed by atoms with Crippen LogP contribution in [-0.2, 0) is 17.8 Å². The number of morpholine rings is 1. The highest BCUT2D eigenvalue weighted by atomic mass is 16.5. The van der Waals surface area contributed by atoms with Gasteiger partial charge in [0.25, 0.3) is 0 Å². The molecule has 2 N–H and O–H groups in total. The van der Waals surface area contributed by atoms with Crippen LogP contribution in [0.5, 0.6) is 11.5 Å². The first-order chi connectivity index (χ1) is 14.1. The van der Waals surface area contributed by atoms with E-state index in [1.54, 1.807) is 7.11 Å². The smallest absolute Gasteiger partial charge is 0.161 e. The standard InChI is InChI=1S/C23H32N2O4/c1-18-4-3-5-19(12-18)14-24-15-20-6-7-22(23(13-20)27-2)29-17-21(26)16-25-8-10-28-11-9-25/h3-7,12-13,21,24,26H,8-11,14-17H2,1-2H3. The Bertz CT molecular complexity index is 762. The van der Waals surface area contributed by atoms with E-state index in [4.69, 9.17) is 14.2 Å². The minimum Gasteiger partial charge on any atom is -0.493 e. The van der Waals surface area contributed by atoms with Gasteiger partial charge in [-0.05, 0) is 30.2 Å². The third-order valence-electron chi connectivity index (χ3n) is 4.97. The molecule has 29 heavy (non-hydrogen) atoms. The van der Waals surface area contributed by atoms with Gasteiger partial charge in [-0.3, -0.25) is 4.90 Å². The third-order valence-corrected chi connectivity index (χ3v) is 4.97. The highest BCUT2D eigenvalue weighted by Gasteiger charge is 2.16. The lowest BCUT2D eigenvalue weighted by molar-refractivity contribution is 0.00445. The van der Waals surface area contributed by atoms with Gasteiger partial charge in [-0.2, -0.15) is 0 Å². The average molecular weight is 401 g/mol. The van der Waals surface area contributed by atoms with Gasteiger partial charge in [-0.15, -0.1) is 0 Å². The fourth-order valence-corrected chi connectivity index (χ4v) is 3.43. The average Bonchev–Trinajstić information content (AvgIpc) is 2.73. The van der Waals surface area contributed by atoms with Crippen molar-refractivity contribution in [3.63, 3.8) is 0 Å². The molecule has 2 aromatic carbocycles. The first-order valence-electron chi connectivity index (χ1n) is 10.2. The lowest BCUT2D eigenvalue weighted by Gasteiger charge is -2.28. The van der Waals surface area contributed by atoms with Crippen molar-refractivity contribution in [2.75, 3.05) is 46.6 Å². The van der Waals surface area contributed by atoms with Crippen molar-refractivity contribution in [3.05, 3.63) is 59.2 Å². The van der Waals surface area contributed by atoms with Crippen molar-refractivity contribution in [1.29, 1.82) is 0 Å². The molecule has 1 saturated heterocycles. The monoisotopic (exact) mass is 400 g/mol. The third kappa shape index (κ3) is 7.01. The van der Waals surface area contributed by atoms with E-state index in [2.05, 4.69) is 41.4 Å². The molecular formula is C23H32N2O4. The fourth-order valence-electron chi connectivity index (χ4n) is 3.43. The van der Waals surface area contributed by atoms with Gasteiger partial charge in [0.2, 0.25) is 0 Å². The molecule has 0 bridgehead atoms. The summed E-state index contributed by atoms with van der Waals surface area (Å²) in [5, 5.41) is 13.7. The predicted molar refractivity (Wildman–Crippen MR) is 113 cm³/mol. The molecule has 0 aromatic heterocycles. The number of nitrogens with one attached hydrogen (secondary N) is 1. The summed E-state index contributed by atoms with van der Waals surface area (Å²) in [6, 6.07) is 14.4. The second-order valence-corrected chi connectivity index (χ2v) is 7.46. The molecule has 0 radical (unpaired) electrons. The van der Waals surface area contributed by atoms with Crippen LogP contribution in [0.15, 0.2) is 42.5 Å². The van der Waals surface area contributed by atoms with E-state index in [-0.39, 0.29) is 6.61 Å². The van der Waals surface area contributed by atoms with Crippen molar-refractivity contribution < 1.29 is 19.3 Å². The van der Waals surface area contributed by atoms with Crippen LogP contribution in [0.25, 0.3) is 0 Å². The summed E-state index contributed by atoms with van der Waals surface area (Å²) < 4.78 is 16.6. The molecule has 6 nitrogen and oxygen atoms in total. The minimum absolute atomic E-state index is 0.235. The number of aryl methyl sites for hydroxylation is 1. The lowest BCUT2D eigenvalue weighted by atomic mass is 10.1. The van der Waals surface area contributed by atoms with Crippen molar-refractivity contribution in [2.24, 2.45) is 0 Å². The van der Waals surface area contributed by atoms with E-state index >= 15 is 0 Å². The Labute approximate surface area is 173 Å². The van der Waals surface area contributed by atoms with Crippen LogP contribution >= 0.6 is 0 Å². The lowest BCUT2D eigenvalue weighted by Crippen LogP contribution is -2.42. The SMILES string of the molecule is COc1cc(CNCc2cccc(C)c2)ccc1OCC(O)CN1CCOCC1. The normalized spacial score (nSPS) is 15.8. The number of methoxy groups -OCH3 is 1. The maximum atomic E-state index is 10.3. The molecule has 0 aliphatic carbocycles. The summed E-state index contributed by atoms with van der Waals surface area (Å²) in [4.78, 5) is 2.19. The Morgan fingerprint density at radius 1 is 1.07 bits per heavy atom. The molecule has 3 rings (SSSR count). The number of rotatable bonds is 10. The molecule has 1 heterocycles. The second kappa shape index (κ2) is 11.2. The van der Waals surface area contributed by atoms with Gasteiger partial charge in [0.1, 0.15) is 12.7 Å². The zero-order valence-corrected chi connectivity index (χ0v) is 17.4. The fraction of sp³-hybridized carbons (Fsp3) is 0.478. The van der Waals surface area contributed by atoms with Gasteiger partial charge in [-0.25, -0.2) is 0 Å². The topological polar surface area (TPSA) is 63.2 Å². The van der Waals surface area contributed by atoms with E-state index in [1.165, 1.54) is 11.1 Å². The summed E-state index contributed by atoms with van der Waals surface area (Å²) in [6.45, 7) is 7.63. The van der Waals surface area contributed by atoms with Crippen molar-refractivity contribution in [3.8, 4) is 11.5 Å². The van der Waals surface area contributed by atoms with Crippen LogP contribution in [0.2, 0.25) is 0 Å². The van der Waals surface area contributed by atoms with E-state index in [0.29, 0.717) is 18.0 Å². The van der Waals surface area contributed by atoms with E-state index in [9.17, 15) is 5.11 Å². The zero-order chi connectivity index (χ0) is 20.5. The molecule has 1 aliphatic heterocycles. The number of benzene rings is 2. The molecular weight excluding hydrogens is 368 g/mol. The predicted octanol–water partition coefficient (Wildman–Crippen LogP) is 2.37. The summed E-state index contributed by atoms with van der Waals surface area (Å²) in [5.74, 6) is 1.33. The molecule has 6 heteroatoms. The van der Waals surface area contributed by atoms with Gasteiger partial charge in [0.15, 0.2) is 11.5 Å². The molecule has 0 saturated carbocycles. The Morgan fingerprint density at radius 2 is 1.83 bits per heavy atom. The van der Waals surface area contributed by atoms with Gasteiger partial charge >= 0.3 is 0 Å². The molecule has 1 fully saturated rings. The van der Waals surface area contributed by atoms with Crippen LogP contribution < -0.4 is 14.8 Å². The number of hydrogen-bond acceptors (Lipinski definition) is 6. The largest absolute Gasteiger partial charge is 0.493 e. The number of hydrogen-bond donors (Lipinski definition) is 2. The van der Waals surface area contributed by atoms with Crippen molar-refractivity contribution in [2.45, 2.75) is 26.1 Å². The van der Waals surface area contributed by atoms with Gasteiger partial charge in [0.05, 0.1) is 20.3 Å². The summed E-state index contributed by atoms with van der Waals surface area (Å²) in [6.07, 6.45) is -0.548. The van der Waals surface area contributed by atoms with Crippen LogP contribution in [0, 0.1) is 6.92 Å². The molecule has 158 valence electrons. The van der Waals surface area contributed by atoms with Crippen LogP contribution in [-0.4, -0.2) is 62.7 Å². The summed E-state index contributed by atoms with van der Waals surface area (Å²) >= 11 is 0. The molecule has 1 aliphatic rings. The van der Waals surface area contributed by atoms with Crippen molar-refractivity contribution in [1.82, 2.24) is 10.2 Å². The Balaban J connectivity index is 1.47. The number of ether oxygens (including phenoxy) is 3. The van der Waals surface area contributed by atoms with E-state index in [1.807, 2.05) is 18.2 Å². The zero-order valence-electron chi connectivity index (χ0n) is 17.4. The Morgan fingerprint density at radius 3 is 2.55 bits per heavy atom.